The molecule has 0 radical (unpaired) electrons. The number of hydrogen-bond acceptors (Lipinski definition) is 8. The molecule has 146 valence electrons. The second-order valence-corrected chi connectivity index (χ2v) is 7.40. The van der Waals surface area contributed by atoms with Gasteiger partial charge in [0.1, 0.15) is 17.6 Å². The number of hydrogen-bond donors (Lipinski definition) is 3. The first-order valence-corrected chi connectivity index (χ1v) is 9.34. The lowest BCUT2D eigenvalue weighted by Crippen LogP contribution is -2.34. The Morgan fingerprint density at radius 2 is 1.93 bits per heavy atom. The van der Waals surface area contributed by atoms with Gasteiger partial charge >= 0.3 is 5.97 Å². The van der Waals surface area contributed by atoms with Crippen LogP contribution in [0.2, 0.25) is 0 Å². The third-order valence-corrected chi connectivity index (χ3v) is 5.13. The Labute approximate surface area is 158 Å². The van der Waals surface area contributed by atoms with Crippen LogP contribution in [0, 0.1) is 0 Å². The van der Waals surface area contributed by atoms with Gasteiger partial charge in [-0.25, -0.2) is 8.42 Å². The van der Waals surface area contributed by atoms with Crippen LogP contribution < -0.4 is 10.5 Å². The van der Waals surface area contributed by atoms with E-state index in [0.717, 1.165) is 0 Å². The van der Waals surface area contributed by atoms with Crippen molar-refractivity contribution < 1.29 is 28.0 Å². The molecule has 1 heterocycles. The lowest BCUT2D eigenvalue weighted by atomic mass is 10.1. The van der Waals surface area contributed by atoms with Crippen molar-refractivity contribution in [3.05, 3.63) is 54.1 Å². The van der Waals surface area contributed by atoms with Crippen molar-refractivity contribution in [2.45, 2.75) is 11.0 Å². The van der Waals surface area contributed by atoms with Crippen molar-refractivity contribution in [1.29, 1.82) is 0 Å². The standard InChI is InChI=1S/C16H15N5O6S/c17-16(23)15(10-4-2-1-3-5-10)27-14(22)9-18-28(25,26)11-6-7-13-12(8-11)19-20-21(13)24/h1-8,15,18,24H,9H2,(H2,17,23). The molecule has 3 rings (SSSR count). The van der Waals surface area contributed by atoms with Crippen LogP contribution in [0.25, 0.3) is 11.0 Å². The summed E-state index contributed by atoms with van der Waals surface area (Å²) in [5.41, 5.74) is 5.98. The molecule has 0 spiro atoms. The summed E-state index contributed by atoms with van der Waals surface area (Å²) in [6.45, 7) is -0.719. The molecule has 0 bridgehead atoms. The van der Waals surface area contributed by atoms with E-state index in [9.17, 15) is 23.2 Å². The molecule has 1 aromatic heterocycles. The quantitative estimate of drug-likeness (QED) is 0.356. The molecule has 3 aromatic rings. The number of nitrogens with two attached hydrogens (primary N) is 1. The number of ether oxygens (including phenoxy) is 1. The van der Waals surface area contributed by atoms with Gasteiger partial charge in [-0.05, 0) is 23.4 Å². The second-order valence-electron chi connectivity index (χ2n) is 5.64. The Balaban J connectivity index is 1.69. The molecule has 1 atom stereocenters. The van der Waals surface area contributed by atoms with Crippen LogP contribution in [0.1, 0.15) is 11.7 Å². The van der Waals surface area contributed by atoms with Gasteiger partial charge < -0.3 is 15.7 Å². The third kappa shape index (κ3) is 4.07. The van der Waals surface area contributed by atoms with E-state index in [1.165, 1.54) is 18.2 Å². The van der Waals surface area contributed by atoms with Gasteiger partial charge in [0, 0.05) is 5.56 Å². The number of amides is 1. The minimum Gasteiger partial charge on any atom is -0.446 e. The average molecular weight is 405 g/mol. The number of rotatable bonds is 7. The molecule has 0 fully saturated rings. The summed E-state index contributed by atoms with van der Waals surface area (Å²) >= 11 is 0. The van der Waals surface area contributed by atoms with Crippen LogP contribution in [0.4, 0.5) is 0 Å². The van der Waals surface area contributed by atoms with Gasteiger partial charge in [-0.15, -0.1) is 5.10 Å². The predicted octanol–water partition coefficient (Wildman–Crippen LogP) is -0.283. The van der Waals surface area contributed by atoms with Crippen molar-refractivity contribution in [3.63, 3.8) is 0 Å². The molecule has 1 unspecified atom stereocenters. The monoisotopic (exact) mass is 405 g/mol. The number of carbonyl (C=O) groups excluding carboxylic acids is 2. The first-order valence-electron chi connectivity index (χ1n) is 7.86. The minimum absolute atomic E-state index is 0.144. The lowest BCUT2D eigenvalue weighted by Gasteiger charge is -2.15. The Kier molecular flexibility index (Phi) is 5.24. The number of sulfonamides is 1. The van der Waals surface area contributed by atoms with E-state index in [-0.39, 0.29) is 15.9 Å². The van der Waals surface area contributed by atoms with Gasteiger partial charge in [0.25, 0.3) is 5.91 Å². The Morgan fingerprint density at radius 3 is 2.61 bits per heavy atom. The highest BCUT2D eigenvalue weighted by molar-refractivity contribution is 7.89. The number of esters is 1. The van der Waals surface area contributed by atoms with Crippen molar-refractivity contribution in [2.24, 2.45) is 5.73 Å². The molecule has 28 heavy (non-hydrogen) atoms. The fourth-order valence-corrected chi connectivity index (χ4v) is 3.38. The lowest BCUT2D eigenvalue weighted by molar-refractivity contribution is -0.154. The molecule has 4 N–H and O–H groups in total. The first-order chi connectivity index (χ1) is 13.3. The highest BCUT2D eigenvalue weighted by Crippen LogP contribution is 2.18. The van der Waals surface area contributed by atoms with Crippen LogP contribution in [0.3, 0.4) is 0 Å². The minimum atomic E-state index is -4.08. The molecule has 0 saturated carbocycles. The Hall–Kier alpha value is -3.51. The number of primary amides is 1. The van der Waals surface area contributed by atoms with Crippen LogP contribution >= 0.6 is 0 Å². The molecule has 1 amide bonds. The Bertz CT molecular complexity index is 1130. The van der Waals surface area contributed by atoms with Crippen molar-refractivity contribution >= 4 is 32.9 Å². The van der Waals surface area contributed by atoms with Crippen molar-refractivity contribution in [1.82, 2.24) is 19.9 Å². The Morgan fingerprint density at radius 1 is 1.21 bits per heavy atom. The molecule has 0 aliphatic rings. The molecule has 11 nitrogen and oxygen atoms in total. The highest BCUT2D eigenvalue weighted by Gasteiger charge is 2.24. The number of nitrogens with one attached hydrogen (secondary N) is 1. The van der Waals surface area contributed by atoms with Crippen LogP contribution in [-0.4, -0.2) is 47.2 Å². The smallest absolute Gasteiger partial charge is 0.322 e. The van der Waals surface area contributed by atoms with Gasteiger partial charge in [0.15, 0.2) is 0 Å². The summed E-state index contributed by atoms with van der Waals surface area (Å²) < 4.78 is 31.8. The van der Waals surface area contributed by atoms with E-state index in [0.29, 0.717) is 10.4 Å². The zero-order valence-electron chi connectivity index (χ0n) is 14.2. The number of carbonyl (C=O) groups is 2. The number of fused-ring (bicyclic) bond motifs is 1. The number of nitrogens with zero attached hydrogens (tertiary/aromatic N) is 3. The van der Waals surface area contributed by atoms with Gasteiger partial charge in [0.05, 0.1) is 4.90 Å². The highest BCUT2D eigenvalue weighted by atomic mass is 32.2. The summed E-state index contributed by atoms with van der Waals surface area (Å²) in [6.07, 6.45) is -1.34. The summed E-state index contributed by atoms with van der Waals surface area (Å²) in [5, 5.41) is 16.4. The van der Waals surface area contributed by atoms with Crippen LogP contribution in [0.5, 0.6) is 0 Å². The third-order valence-electron chi connectivity index (χ3n) is 3.73. The zero-order valence-corrected chi connectivity index (χ0v) is 15.0. The maximum absolute atomic E-state index is 12.3. The summed E-state index contributed by atoms with van der Waals surface area (Å²) in [7, 11) is -4.08. The second kappa shape index (κ2) is 7.62. The first kappa shape index (κ1) is 19.3. The molecule has 12 heteroatoms. The van der Waals surface area contributed by atoms with Crippen LogP contribution in [-0.2, 0) is 24.3 Å². The molecule has 0 saturated heterocycles. The van der Waals surface area contributed by atoms with E-state index >= 15 is 0 Å². The average Bonchev–Trinajstić information content (AvgIpc) is 3.05. The van der Waals surface area contributed by atoms with Gasteiger partial charge in [-0.2, -0.15) is 4.72 Å². The fourth-order valence-electron chi connectivity index (χ4n) is 2.39. The van der Waals surface area contributed by atoms with E-state index in [1.807, 2.05) is 0 Å². The van der Waals surface area contributed by atoms with Crippen LogP contribution in [0.15, 0.2) is 53.4 Å². The SMILES string of the molecule is NC(=O)C(OC(=O)CNS(=O)(=O)c1ccc2c(c1)nnn2O)c1ccccc1. The summed E-state index contributed by atoms with van der Waals surface area (Å²) in [5.74, 6) is -1.88. The van der Waals surface area contributed by atoms with Crippen molar-refractivity contribution in [2.75, 3.05) is 6.54 Å². The maximum atomic E-state index is 12.3. The van der Waals surface area contributed by atoms with Gasteiger partial charge in [-0.1, -0.05) is 35.2 Å². The molecular formula is C16H15N5O6S. The van der Waals surface area contributed by atoms with E-state index in [2.05, 4.69) is 15.0 Å². The molecule has 2 aromatic carbocycles. The zero-order chi connectivity index (χ0) is 20.3. The normalized spacial score (nSPS) is 12.6. The van der Waals surface area contributed by atoms with E-state index in [4.69, 9.17) is 10.5 Å². The molecule has 0 aliphatic heterocycles. The van der Waals surface area contributed by atoms with E-state index in [1.54, 1.807) is 30.3 Å². The predicted molar refractivity (Wildman–Crippen MR) is 94.4 cm³/mol. The fraction of sp³-hybridized carbons (Fsp3) is 0.125. The molecule has 0 aliphatic carbocycles. The molecular weight excluding hydrogens is 390 g/mol. The maximum Gasteiger partial charge on any atom is 0.322 e. The summed E-state index contributed by atoms with van der Waals surface area (Å²) in [6, 6.07) is 11.8. The number of aromatic nitrogens is 3. The van der Waals surface area contributed by atoms with Gasteiger partial charge in [0.2, 0.25) is 16.1 Å². The largest absolute Gasteiger partial charge is 0.446 e. The van der Waals surface area contributed by atoms with Gasteiger partial charge in [-0.3, -0.25) is 9.59 Å². The number of benzene rings is 2. The van der Waals surface area contributed by atoms with E-state index < -0.39 is 34.5 Å². The topological polar surface area (TPSA) is 166 Å². The summed E-state index contributed by atoms with van der Waals surface area (Å²) in [4.78, 5) is 23.9. The van der Waals surface area contributed by atoms with Crippen molar-refractivity contribution in [3.8, 4) is 0 Å².